The van der Waals surface area contributed by atoms with Crippen molar-refractivity contribution in [1.82, 2.24) is 4.90 Å². The number of methoxy groups -OCH3 is 1. The maximum Gasteiger partial charge on any atom is 0.264 e. The Balaban J connectivity index is 1.33. The van der Waals surface area contributed by atoms with Gasteiger partial charge in [0.15, 0.2) is 17.6 Å². The first-order valence-corrected chi connectivity index (χ1v) is 11.9. The summed E-state index contributed by atoms with van der Waals surface area (Å²) >= 11 is 0. The summed E-state index contributed by atoms with van der Waals surface area (Å²) in [7, 11) is 1.60. The van der Waals surface area contributed by atoms with Crippen LogP contribution in [-0.4, -0.2) is 36.7 Å². The van der Waals surface area contributed by atoms with Crippen molar-refractivity contribution in [2.75, 3.05) is 19.2 Å². The summed E-state index contributed by atoms with van der Waals surface area (Å²) in [6.07, 6.45) is 0.195. The molecule has 1 unspecified atom stereocenters. The van der Waals surface area contributed by atoms with Crippen molar-refractivity contribution in [2.24, 2.45) is 0 Å². The van der Waals surface area contributed by atoms with E-state index in [2.05, 4.69) is 5.32 Å². The molecule has 3 aromatic rings. The van der Waals surface area contributed by atoms with Gasteiger partial charge in [0.2, 0.25) is 12.7 Å². The van der Waals surface area contributed by atoms with E-state index in [1.54, 1.807) is 18.1 Å². The van der Waals surface area contributed by atoms with Gasteiger partial charge >= 0.3 is 0 Å². The zero-order valence-corrected chi connectivity index (χ0v) is 20.3. The summed E-state index contributed by atoms with van der Waals surface area (Å²) < 4.78 is 22.2. The first kappa shape index (κ1) is 23.5. The molecule has 1 atom stereocenters. The quantitative estimate of drug-likeness (QED) is 0.534. The second-order valence-electron chi connectivity index (χ2n) is 8.80. The summed E-state index contributed by atoms with van der Waals surface area (Å²) in [6.45, 7) is 2.90. The number of carbonyl (C=O) groups excluding carboxylic acids is 2. The van der Waals surface area contributed by atoms with Gasteiger partial charge in [0.25, 0.3) is 5.91 Å². The Bertz CT molecular complexity index is 1290. The number of rotatable bonds is 7. The zero-order chi connectivity index (χ0) is 25.1. The highest BCUT2D eigenvalue weighted by atomic mass is 16.7. The van der Waals surface area contributed by atoms with E-state index in [-0.39, 0.29) is 25.0 Å². The molecular weight excluding hydrogens is 460 g/mol. The zero-order valence-electron chi connectivity index (χ0n) is 20.3. The van der Waals surface area contributed by atoms with Crippen molar-refractivity contribution >= 4 is 17.5 Å². The lowest BCUT2D eigenvalue weighted by molar-refractivity contribution is -0.139. The third kappa shape index (κ3) is 5.07. The van der Waals surface area contributed by atoms with Gasteiger partial charge in [-0.1, -0.05) is 25.1 Å². The van der Waals surface area contributed by atoms with E-state index in [1.807, 2.05) is 61.5 Å². The second kappa shape index (κ2) is 10.2. The van der Waals surface area contributed by atoms with Gasteiger partial charge in [-0.05, 0) is 60.0 Å². The van der Waals surface area contributed by atoms with Crippen LogP contribution < -0.4 is 24.3 Å². The van der Waals surface area contributed by atoms with Gasteiger partial charge in [-0.25, -0.2) is 0 Å². The number of amides is 2. The minimum Gasteiger partial charge on any atom is -0.497 e. The number of nitrogens with zero attached hydrogens (tertiary/aromatic N) is 1. The lowest BCUT2D eigenvalue weighted by Crippen LogP contribution is -2.38. The van der Waals surface area contributed by atoms with Crippen molar-refractivity contribution in [3.05, 3.63) is 77.4 Å². The number of fused-ring (bicyclic) bond motifs is 2. The molecular formula is C28H28N2O6. The molecule has 0 saturated carbocycles. The molecule has 2 amide bonds. The van der Waals surface area contributed by atoms with Gasteiger partial charge in [-0.3, -0.25) is 9.59 Å². The molecule has 8 nitrogen and oxygen atoms in total. The largest absolute Gasteiger partial charge is 0.497 e. The number of anilines is 1. The van der Waals surface area contributed by atoms with Crippen LogP contribution in [0.2, 0.25) is 0 Å². The Kier molecular flexibility index (Phi) is 6.66. The van der Waals surface area contributed by atoms with Crippen LogP contribution in [0.4, 0.5) is 5.69 Å². The van der Waals surface area contributed by atoms with Crippen LogP contribution in [0.1, 0.15) is 30.0 Å². The SMILES string of the molecule is CCC1Oc2ccc(NC(=O)Cc3cccc(OC)c3)cc2CN(Cc2ccc3c(c2)OCO3)C1=O. The predicted octanol–water partition coefficient (Wildman–Crippen LogP) is 4.30. The Hall–Kier alpha value is -4.20. The van der Waals surface area contributed by atoms with E-state index >= 15 is 0 Å². The molecule has 2 aliphatic heterocycles. The molecule has 0 bridgehead atoms. The number of nitrogens with one attached hydrogen (secondary N) is 1. The fourth-order valence-electron chi connectivity index (χ4n) is 4.41. The number of hydrogen-bond acceptors (Lipinski definition) is 6. The van der Waals surface area contributed by atoms with E-state index in [0.29, 0.717) is 48.2 Å². The van der Waals surface area contributed by atoms with Gasteiger partial charge in [-0.2, -0.15) is 0 Å². The van der Waals surface area contributed by atoms with Crippen LogP contribution in [0, 0.1) is 0 Å². The van der Waals surface area contributed by atoms with E-state index in [9.17, 15) is 9.59 Å². The number of hydrogen-bond donors (Lipinski definition) is 1. The Morgan fingerprint density at radius 2 is 1.86 bits per heavy atom. The molecule has 5 rings (SSSR count). The maximum atomic E-state index is 13.3. The fourth-order valence-corrected chi connectivity index (χ4v) is 4.41. The fraction of sp³-hybridized carbons (Fsp3) is 0.286. The van der Waals surface area contributed by atoms with E-state index < -0.39 is 6.10 Å². The van der Waals surface area contributed by atoms with Crippen molar-refractivity contribution in [3.8, 4) is 23.0 Å². The minimum absolute atomic E-state index is 0.0741. The van der Waals surface area contributed by atoms with Crippen molar-refractivity contribution in [1.29, 1.82) is 0 Å². The predicted molar refractivity (Wildman–Crippen MR) is 133 cm³/mol. The highest BCUT2D eigenvalue weighted by Crippen LogP contribution is 2.34. The molecule has 0 aliphatic carbocycles. The molecule has 186 valence electrons. The molecule has 1 N–H and O–H groups in total. The summed E-state index contributed by atoms with van der Waals surface area (Å²) in [4.78, 5) is 27.7. The number of carbonyl (C=O) groups is 2. The van der Waals surface area contributed by atoms with Crippen molar-refractivity contribution in [3.63, 3.8) is 0 Å². The molecule has 0 aromatic heterocycles. The van der Waals surface area contributed by atoms with Crippen LogP contribution in [0.3, 0.4) is 0 Å². The molecule has 0 saturated heterocycles. The molecule has 0 fully saturated rings. The van der Waals surface area contributed by atoms with Crippen LogP contribution in [0.5, 0.6) is 23.0 Å². The molecule has 8 heteroatoms. The topological polar surface area (TPSA) is 86.3 Å². The highest BCUT2D eigenvalue weighted by molar-refractivity contribution is 5.92. The van der Waals surface area contributed by atoms with Gasteiger partial charge in [0.05, 0.1) is 13.5 Å². The van der Waals surface area contributed by atoms with Crippen molar-refractivity contribution in [2.45, 2.75) is 39.0 Å². The van der Waals surface area contributed by atoms with E-state index in [0.717, 1.165) is 16.7 Å². The molecule has 0 radical (unpaired) electrons. The Morgan fingerprint density at radius 1 is 1.03 bits per heavy atom. The Morgan fingerprint density at radius 3 is 2.69 bits per heavy atom. The lowest BCUT2D eigenvalue weighted by atomic mass is 10.1. The van der Waals surface area contributed by atoms with Gasteiger partial charge in [-0.15, -0.1) is 0 Å². The normalized spacial score (nSPS) is 16.1. The third-order valence-corrected chi connectivity index (χ3v) is 6.24. The van der Waals surface area contributed by atoms with E-state index in [4.69, 9.17) is 18.9 Å². The first-order chi connectivity index (χ1) is 17.5. The molecule has 2 aliphatic rings. The molecule has 36 heavy (non-hydrogen) atoms. The summed E-state index contributed by atoms with van der Waals surface area (Å²) in [5.74, 6) is 2.52. The highest BCUT2D eigenvalue weighted by Gasteiger charge is 2.30. The molecule has 0 spiro atoms. The monoisotopic (exact) mass is 488 g/mol. The standard InChI is InChI=1S/C28H28N2O6/c1-3-23-28(32)30(15-19-7-9-25-26(12-19)35-17-34-25)16-20-14-21(8-10-24(20)36-23)29-27(31)13-18-5-4-6-22(11-18)33-2/h4-12,14,23H,3,13,15-17H2,1-2H3,(H,29,31). The minimum atomic E-state index is -0.575. The van der Waals surface area contributed by atoms with Gasteiger partial charge in [0.1, 0.15) is 11.5 Å². The second-order valence-corrected chi connectivity index (χ2v) is 8.80. The summed E-state index contributed by atoms with van der Waals surface area (Å²) in [5.41, 5.74) is 3.28. The molecule has 3 aromatic carbocycles. The lowest BCUT2D eigenvalue weighted by Gasteiger charge is -2.23. The van der Waals surface area contributed by atoms with Crippen LogP contribution in [-0.2, 0) is 29.1 Å². The third-order valence-electron chi connectivity index (χ3n) is 6.24. The average Bonchev–Trinajstić information content (AvgIpc) is 3.30. The summed E-state index contributed by atoms with van der Waals surface area (Å²) in [5, 5.41) is 2.96. The van der Waals surface area contributed by atoms with Gasteiger partial charge < -0.3 is 29.2 Å². The Labute approximate surface area is 209 Å². The first-order valence-electron chi connectivity index (χ1n) is 11.9. The molecule has 2 heterocycles. The van der Waals surface area contributed by atoms with Crippen LogP contribution >= 0.6 is 0 Å². The maximum absolute atomic E-state index is 13.3. The van der Waals surface area contributed by atoms with Gasteiger partial charge in [0, 0.05) is 24.3 Å². The van der Waals surface area contributed by atoms with Crippen molar-refractivity contribution < 1.29 is 28.5 Å². The van der Waals surface area contributed by atoms with Crippen LogP contribution in [0.25, 0.3) is 0 Å². The number of ether oxygens (including phenoxy) is 4. The average molecular weight is 489 g/mol. The smallest absolute Gasteiger partial charge is 0.264 e. The van der Waals surface area contributed by atoms with Crippen LogP contribution in [0.15, 0.2) is 60.7 Å². The summed E-state index contributed by atoms with van der Waals surface area (Å²) in [6, 6.07) is 18.6. The van der Waals surface area contributed by atoms with E-state index in [1.165, 1.54) is 0 Å². The number of benzene rings is 3.